The van der Waals surface area contributed by atoms with E-state index in [2.05, 4.69) is 72.8 Å². The number of hydrogen-bond donors (Lipinski definition) is 2. The number of carbonyl (C=O) groups is 2. The van der Waals surface area contributed by atoms with Gasteiger partial charge in [0.05, 0.1) is 106 Å². The molecule has 77 heavy (non-hydrogen) atoms. The van der Waals surface area contributed by atoms with Gasteiger partial charge in [-0.1, -0.05) is 52.0 Å². The van der Waals surface area contributed by atoms with Gasteiger partial charge < -0.3 is 62.7 Å². The lowest BCUT2D eigenvalue weighted by Crippen LogP contribution is -2.17. The van der Waals surface area contributed by atoms with E-state index in [9.17, 15) is 9.59 Å². The molecule has 0 unspecified atom stereocenters. The predicted octanol–water partition coefficient (Wildman–Crippen LogP) is 8.14. The highest BCUT2D eigenvalue weighted by atomic mass is 16.6. The Morgan fingerprint density at radius 3 is 1.09 bits per heavy atom. The van der Waals surface area contributed by atoms with Crippen LogP contribution in [0, 0.1) is 13.8 Å². The molecule has 4 aromatic carbocycles. The lowest BCUT2D eigenvalue weighted by Gasteiger charge is -2.21. The molecule has 416 valence electrons. The maximum absolute atomic E-state index is 13.5. The molecule has 0 aliphatic rings. The number of methoxy groups -OCH3 is 4. The SMILES string of the molecule is COc1ccc(OC)c(-n2nnc(C(=O)Nc3cc(OCCOCCOCCOCCOCCOCCOc4cc(NC(=O)c5nnn(-c6cc(OC)ccc6OC)c5C)cc(C(C)(C)C)c4)cc(C(C)(C)C)c3)c2C)c1. The minimum atomic E-state index is -0.415. The van der Waals surface area contributed by atoms with Crippen molar-refractivity contribution in [1.82, 2.24) is 30.0 Å². The molecule has 0 aliphatic carbocycles. The average molecular weight is 1070 g/mol. The van der Waals surface area contributed by atoms with Crippen LogP contribution in [0.3, 0.4) is 0 Å². The molecule has 0 fully saturated rings. The van der Waals surface area contributed by atoms with Crippen molar-refractivity contribution in [3.63, 3.8) is 0 Å². The van der Waals surface area contributed by atoms with E-state index in [1.165, 1.54) is 0 Å². The summed E-state index contributed by atoms with van der Waals surface area (Å²) < 4.78 is 65.4. The topological polar surface area (TPSA) is 221 Å². The molecule has 6 rings (SSSR count). The van der Waals surface area contributed by atoms with Crippen LogP contribution in [0.25, 0.3) is 11.4 Å². The van der Waals surface area contributed by atoms with Crippen LogP contribution in [-0.2, 0) is 34.5 Å². The van der Waals surface area contributed by atoms with Crippen LogP contribution >= 0.6 is 0 Å². The summed E-state index contributed by atoms with van der Waals surface area (Å²) >= 11 is 0. The highest BCUT2D eigenvalue weighted by Crippen LogP contribution is 2.34. The van der Waals surface area contributed by atoms with Crippen LogP contribution < -0.4 is 39.1 Å². The van der Waals surface area contributed by atoms with E-state index in [0.717, 1.165) is 11.1 Å². The van der Waals surface area contributed by atoms with Gasteiger partial charge in [0.1, 0.15) is 59.1 Å². The van der Waals surface area contributed by atoms with Crippen LogP contribution in [0.4, 0.5) is 11.4 Å². The minimum Gasteiger partial charge on any atom is -0.497 e. The smallest absolute Gasteiger partial charge is 0.278 e. The van der Waals surface area contributed by atoms with Crippen molar-refractivity contribution in [2.24, 2.45) is 0 Å². The van der Waals surface area contributed by atoms with Crippen LogP contribution in [0.5, 0.6) is 34.5 Å². The zero-order valence-electron chi connectivity index (χ0n) is 46.4. The molecule has 0 saturated carbocycles. The van der Waals surface area contributed by atoms with Gasteiger partial charge >= 0.3 is 0 Å². The standard InChI is InChI=1S/C56H74N8O13/c1-37-51(59-61-63(37)47-35-43(67-9)13-15-49(47)69-11)53(65)57-41-29-39(55(3,4)5)31-45(33-41)76-27-25-74-23-21-72-19-17-71-18-20-73-22-24-75-26-28-77-46-32-40(56(6,7)8)30-42(34-46)58-54(66)52-38(2)64(62-60-52)48-36-44(68-10)14-16-50(48)70-12/h13-16,29-36H,17-28H2,1-12H3,(H,57,65)(H,58,66). The molecular weight excluding hydrogens is 993 g/mol. The van der Waals surface area contributed by atoms with Crippen LogP contribution in [0.2, 0.25) is 0 Å². The average Bonchev–Trinajstić information content (AvgIpc) is 4.00. The van der Waals surface area contributed by atoms with Crippen molar-refractivity contribution < 1.29 is 61.7 Å². The lowest BCUT2D eigenvalue weighted by molar-refractivity contribution is -0.0141. The first-order valence-corrected chi connectivity index (χ1v) is 25.3. The maximum atomic E-state index is 13.5. The van der Waals surface area contributed by atoms with Gasteiger partial charge in [0.15, 0.2) is 11.4 Å². The fraction of sp³-hybridized carbons (Fsp3) is 0.464. The first kappa shape index (κ1) is 59.0. The van der Waals surface area contributed by atoms with Crippen molar-refractivity contribution in [2.75, 3.05) is 118 Å². The number of ether oxygens (including phenoxy) is 11. The summed E-state index contributed by atoms with van der Waals surface area (Å²) in [5.74, 6) is 2.69. The number of rotatable bonds is 30. The summed E-state index contributed by atoms with van der Waals surface area (Å²) in [5.41, 5.74) is 5.21. The van der Waals surface area contributed by atoms with Gasteiger partial charge in [0.25, 0.3) is 11.8 Å². The van der Waals surface area contributed by atoms with E-state index in [1.807, 2.05) is 24.3 Å². The Labute approximate surface area is 450 Å². The number of anilines is 2. The highest BCUT2D eigenvalue weighted by molar-refractivity contribution is 6.04. The number of carbonyl (C=O) groups excluding carboxylic acids is 2. The van der Waals surface area contributed by atoms with Crippen LogP contribution in [-0.4, -0.2) is 150 Å². The zero-order chi connectivity index (χ0) is 55.5. The van der Waals surface area contributed by atoms with Crippen molar-refractivity contribution in [2.45, 2.75) is 66.2 Å². The van der Waals surface area contributed by atoms with Gasteiger partial charge in [-0.25, -0.2) is 9.36 Å². The molecule has 2 N–H and O–H groups in total. The number of nitrogens with zero attached hydrogens (tertiary/aromatic N) is 6. The highest BCUT2D eigenvalue weighted by Gasteiger charge is 2.24. The van der Waals surface area contributed by atoms with Gasteiger partial charge in [0.2, 0.25) is 0 Å². The van der Waals surface area contributed by atoms with Crippen molar-refractivity contribution in [3.05, 3.63) is 107 Å². The Morgan fingerprint density at radius 1 is 0.442 bits per heavy atom. The molecule has 2 heterocycles. The summed E-state index contributed by atoms with van der Waals surface area (Å²) in [6.07, 6.45) is 0. The normalized spacial score (nSPS) is 11.6. The van der Waals surface area contributed by atoms with E-state index in [4.69, 9.17) is 52.1 Å². The predicted molar refractivity (Wildman–Crippen MR) is 290 cm³/mol. The second kappa shape index (κ2) is 28.2. The summed E-state index contributed by atoms with van der Waals surface area (Å²) in [6.45, 7) is 20.6. The fourth-order valence-corrected chi connectivity index (χ4v) is 7.63. The molecule has 0 saturated heterocycles. The minimum absolute atomic E-state index is 0.166. The molecule has 0 spiro atoms. The Balaban J connectivity index is 0.817. The number of hydrogen-bond acceptors (Lipinski definition) is 17. The van der Waals surface area contributed by atoms with E-state index >= 15 is 0 Å². The Kier molecular flexibility index (Phi) is 21.6. The first-order chi connectivity index (χ1) is 36.9. The largest absolute Gasteiger partial charge is 0.497 e. The number of benzene rings is 4. The van der Waals surface area contributed by atoms with E-state index in [0.29, 0.717) is 148 Å². The second-order valence-corrected chi connectivity index (χ2v) is 19.6. The quantitative estimate of drug-likeness (QED) is 0.0406. The number of amides is 2. The summed E-state index contributed by atoms with van der Waals surface area (Å²) in [6, 6.07) is 22.0. The van der Waals surface area contributed by atoms with Gasteiger partial charge in [0, 0.05) is 35.6 Å². The Hall–Kier alpha value is -7.30. The van der Waals surface area contributed by atoms with Gasteiger partial charge in [-0.3, -0.25) is 9.59 Å². The monoisotopic (exact) mass is 1070 g/mol. The van der Waals surface area contributed by atoms with Crippen LogP contribution in [0.15, 0.2) is 72.8 Å². The summed E-state index contributed by atoms with van der Waals surface area (Å²) in [5, 5.41) is 22.8. The third kappa shape index (κ3) is 16.8. The molecule has 6 aromatic rings. The van der Waals surface area contributed by atoms with E-state index in [-0.39, 0.29) is 22.2 Å². The third-order valence-corrected chi connectivity index (χ3v) is 12.0. The van der Waals surface area contributed by atoms with Gasteiger partial charge in [-0.2, -0.15) is 0 Å². The first-order valence-electron chi connectivity index (χ1n) is 25.3. The van der Waals surface area contributed by atoms with E-state index < -0.39 is 11.8 Å². The molecule has 0 atom stereocenters. The van der Waals surface area contributed by atoms with Crippen LogP contribution in [0.1, 0.15) is 85.0 Å². The van der Waals surface area contributed by atoms with Crippen molar-refractivity contribution in [1.29, 1.82) is 0 Å². The van der Waals surface area contributed by atoms with Crippen molar-refractivity contribution >= 4 is 23.2 Å². The Morgan fingerprint density at radius 2 is 0.779 bits per heavy atom. The van der Waals surface area contributed by atoms with Gasteiger partial charge in [-0.05, 0) is 84.3 Å². The zero-order valence-corrected chi connectivity index (χ0v) is 46.4. The number of nitrogens with one attached hydrogen (secondary N) is 2. The summed E-state index contributed by atoms with van der Waals surface area (Å²) in [7, 11) is 6.27. The van der Waals surface area contributed by atoms with Crippen molar-refractivity contribution in [3.8, 4) is 45.9 Å². The lowest BCUT2D eigenvalue weighted by atomic mass is 9.86. The maximum Gasteiger partial charge on any atom is 0.278 e. The number of aromatic nitrogens is 6. The molecule has 2 aromatic heterocycles. The molecule has 0 aliphatic heterocycles. The molecule has 0 radical (unpaired) electrons. The molecule has 21 heteroatoms. The second-order valence-electron chi connectivity index (χ2n) is 19.6. The van der Waals surface area contributed by atoms with E-state index in [1.54, 1.807) is 100 Å². The Bertz CT molecular complexity index is 2680. The molecule has 21 nitrogen and oxygen atoms in total. The molecule has 0 bridgehead atoms. The third-order valence-electron chi connectivity index (χ3n) is 12.0. The molecular formula is C56H74N8O13. The molecule has 2 amide bonds. The van der Waals surface area contributed by atoms with Gasteiger partial charge in [-0.15, -0.1) is 10.2 Å². The summed E-state index contributed by atoms with van der Waals surface area (Å²) in [4.78, 5) is 27.0. The fourth-order valence-electron chi connectivity index (χ4n) is 7.63.